The molecule has 1 aliphatic rings. The predicted octanol–water partition coefficient (Wildman–Crippen LogP) is 3.70. The highest BCUT2D eigenvalue weighted by Crippen LogP contribution is 2.31. The van der Waals surface area contributed by atoms with E-state index in [1.165, 1.54) is 24.8 Å². The average Bonchev–Trinajstić information content (AvgIpc) is 2.17. The molecule has 1 N–H and O–H groups in total. The van der Waals surface area contributed by atoms with Gasteiger partial charge in [-0.15, -0.1) is 0 Å². The molecule has 1 nitrogen and oxygen atoms in total. The lowest BCUT2D eigenvalue weighted by Gasteiger charge is -2.27. The lowest BCUT2D eigenvalue weighted by atomic mass is 9.80. The van der Waals surface area contributed by atoms with Crippen molar-refractivity contribution in [3.8, 4) is 0 Å². The van der Waals surface area contributed by atoms with Crippen LogP contribution in [0.4, 0.5) is 0 Å². The molecular weight excluding hydrogens is 184 g/mol. The smallest absolute Gasteiger partial charge is 0.0464 e. The number of hydrogen-bond acceptors (Lipinski definition) is 1. The van der Waals surface area contributed by atoms with Gasteiger partial charge in [0.1, 0.15) is 0 Å². The van der Waals surface area contributed by atoms with Gasteiger partial charge < -0.3 is 5.11 Å². The van der Waals surface area contributed by atoms with Crippen molar-refractivity contribution in [1.82, 2.24) is 0 Å². The molecule has 0 bridgehead atoms. The Labute approximate surface area is 93.9 Å². The minimum atomic E-state index is 0.346. The molecule has 0 aromatic rings. The molecule has 0 saturated heterocycles. The topological polar surface area (TPSA) is 20.2 Å². The lowest BCUT2D eigenvalue weighted by Crippen LogP contribution is -2.19. The van der Waals surface area contributed by atoms with Gasteiger partial charge in [-0.25, -0.2) is 0 Å². The number of aliphatic hydroxyl groups is 1. The Bertz CT molecular complexity index is 246. The van der Waals surface area contributed by atoms with E-state index in [4.69, 9.17) is 5.11 Å². The number of allylic oxidation sites excluding steroid dienone is 4. The Morgan fingerprint density at radius 2 is 2.27 bits per heavy atom. The predicted molar refractivity (Wildman–Crippen MR) is 65.7 cm³/mol. The Hall–Kier alpha value is -0.560. The maximum atomic E-state index is 9.16. The van der Waals surface area contributed by atoms with Gasteiger partial charge in [-0.3, -0.25) is 0 Å². The van der Waals surface area contributed by atoms with E-state index < -0.39 is 0 Å². The van der Waals surface area contributed by atoms with Crippen LogP contribution >= 0.6 is 0 Å². The van der Waals surface area contributed by atoms with Crippen molar-refractivity contribution in [2.75, 3.05) is 6.61 Å². The minimum Gasteiger partial charge on any atom is -0.396 e. The summed E-state index contributed by atoms with van der Waals surface area (Å²) in [6, 6.07) is 0. The summed E-state index contributed by atoms with van der Waals surface area (Å²) in [5.41, 5.74) is 3.00. The van der Waals surface area contributed by atoms with Crippen molar-refractivity contribution < 1.29 is 5.11 Å². The average molecular weight is 208 g/mol. The van der Waals surface area contributed by atoms with E-state index in [0.29, 0.717) is 18.4 Å². The van der Waals surface area contributed by atoms with Gasteiger partial charge in [0.2, 0.25) is 0 Å². The number of aliphatic hydroxyl groups excluding tert-OH is 1. The second-order valence-electron chi connectivity index (χ2n) is 5.04. The van der Waals surface area contributed by atoms with Crippen molar-refractivity contribution in [1.29, 1.82) is 0 Å². The van der Waals surface area contributed by atoms with Crippen LogP contribution in [0, 0.1) is 11.8 Å². The second-order valence-corrected chi connectivity index (χ2v) is 5.04. The summed E-state index contributed by atoms with van der Waals surface area (Å²) in [4.78, 5) is 0. The van der Waals surface area contributed by atoms with Crippen LogP contribution in [0.3, 0.4) is 0 Å². The van der Waals surface area contributed by atoms with Gasteiger partial charge in [-0.1, -0.05) is 30.2 Å². The van der Waals surface area contributed by atoms with Crippen molar-refractivity contribution in [3.05, 3.63) is 23.3 Å². The van der Waals surface area contributed by atoms with Crippen LogP contribution in [0.5, 0.6) is 0 Å². The minimum absolute atomic E-state index is 0.346. The third kappa shape index (κ3) is 4.21. The molecule has 1 heteroatoms. The van der Waals surface area contributed by atoms with E-state index in [0.717, 1.165) is 6.42 Å². The first-order valence-electron chi connectivity index (χ1n) is 6.05. The van der Waals surface area contributed by atoms with E-state index in [2.05, 4.69) is 32.9 Å². The summed E-state index contributed by atoms with van der Waals surface area (Å²) in [5.74, 6) is 1.15. The van der Waals surface area contributed by atoms with Gasteiger partial charge in [-0.05, 0) is 51.4 Å². The van der Waals surface area contributed by atoms with E-state index in [9.17, 15) is 0 Å². The molecule has 0 fully saturated rings. The Kier molecular flexibility index (Phi) is 5.10. The highest BCUT2D eigenvalue weighted by molar-refractivity contribution is 5.09. The van der Waals surface area contributed by atoms with Crippen LogP contribution < -0.4 is 0 Å². The van der Waals surface area contributed by atoms with Gasteiger partial charge in [0.25, 0.3) is 0 Å². The van der Waals surface area contributed by atoms with E-state index in [1.54, 1.807) is 5.57 Å². The van der Waals surface area contributed by atoms with Gasteiger partial charge in [0.15, 0.2) is 0 Å². The molecule has 0 amide bonds. The van der Waals surface area contributed by atoms with Crippen LogP contribution in [0.1, 0.15) is 46.5 Å². The molecule has 0 spiro atoms. The molecule has 0 heterocycles. The molecule has 0 unspecified atom stereocenters. The summed E-state index contributed by atoms with van der Waals surface area (Å²) < 4.78 is 0. The van der Waals surface area contributed by atoms with Gasteiger partial charge in [0, 0.05) is 6.61 Å². The summed E-state index contributed by atoms with van der Waals surface area (Å²) in [7, 11) is 0. The Morgan fingerprint density at radius 3 is 2.80 bits per heavy atom. The summed E-state index contributed by atoms with van der Waals surface area (Å²) in [6.07, 6.45) is 9.28. The molecule has 0 aromatic carbocycles. The maximum absolute atomic E-state index is 9.16. The first-order valence-corrected chi connectivity index (χ1v) is 6.05. The molecule has 1 rings (SSSR count). The van der Waals surface area contributed by atoms with Crippen molar-refractivity contribution >= 4 is 0 Å². The largest absolute Gasteiger partial charge is 0.396 e. The standard InChI is InChI=1S/C14H24O/c1-11(2)5-4-6-13-7-8-14(10-15)12(3)9-13/h5,7,12,14-15H,4,6,8-10H2,1-3H3/t12-,14-/m1/s1. The van der Waals surface area contributed by atoms with Gasteiger partial charge in [0.05, 0.1) is 0 Å². The fourth-order valence-corrected chi connectivity index (χ4v) is 2.22. The molecule has 1 aliphatic carbocycles. The molecule has 15 heavy (non-hydrogen) atoms. The van der Waals surface area contributed by atoms with Crippen LogP contribution in [-0.4, -0.2) is 11.7 Å². The van der Waals surface area contributed by atoms with Crippen LogP contribution in [0.25, 0.3) is 0 Å². The van der Waals surface area contributed by atoms with Crippen molar-refractivity contribution in [2.45, 2.75) is 46.5 Å². The highest BCUT2D eigenvalue weighted by atomic mass is 16.3. The van der Waals surface area contributed by atoms with Gasteiger partial charge in [-0.2, -0.15) is 0 Å². The van der Waals surface area contributed by atoms with Crippen LogP contribution in [0.15, 0.2) is 23.3 Å². The molecule has 0 aromatic heterocycles. The zero-order valence-electron chi connectivity index (χ0n) is 10.3. The summed E-state index contributed by atoms with van der Waals surface area (Å²) >= 11 is 0. The monoisotopic (exact) mass is 208 g/mol. The number of rotatable bonds is 4. The molecular formula is C14H24O. The first kappa shape index (κ1) is 12.5. The fourth-order valence-electron chi connectivity index (χ4n) is 2.22. The molecule has 86 valence electrons. The van der Waals surface area contributed by atoms with Crippen LogP contribution in [0.2, 0.25) is 0 Å². The third-order valence-corrected chi connectivity index (χ3v) is 3.35. The van der Waals surface area contributed by atoms with E-state index >= 15 is 0 Å². The number of hydrogen-bond donors (Lipinski definition) is 1. The molecule has 0 saturated carbocycles. The van der Waals surface area contributed by atoms with Gasteiger partial charge >= 0.3 is 0 Å². The quantitative estimate of drug-likeness (QED) is 0.698. The zero-order chi connectivity index (χ0) is 11.3. The van der Waals surface area contributed by atoms with E-state index in [1.807, 2.05) is 0 Å². The third-order valence-electron chi connectivity index (χ3n) is 3.35. The summed E-state index contributed by atoms with van der Waals surface area (Å²) in [5, 5.41) is 9.16. The van der Waals surface area contributed by atoms with Crippen molar-refractivity contribution in [2.24, 2.45) is 11.8 Å². The Balaban J connectivity index is 2.38. The first-order chi connectivity index (χ1) is 7.13. The molecule has 0 radical (unpaired) electrons. The zero-order valence-corrected chi connectivity index (χ0v) is 10.3. The van der Waals surface area contributed by atoms with E-state index in [-0.39, 0.29) is 0 Å². The highest BCUT2D eigenvalue weighted by Gasteiger charge is 2.20. The molecule has 0 aliphatic heterocycles. The molecule has 2 atom stereocenters. The summed E-state index contributed by atoms with van der Waals surface area (Å²) in [6.45, 7) is 6.91. The van der Waals surface area contributed by atoms with Crippen molar-refractivity contribution in [3.63, 3.8) is 0 Å². The second kappa shape index (κ2) is 6.12. The van der Waals surface area contributed by atoms with Crippen LogP contribution in [-0.2, 0) is 0 Å². The maximum Gasteiger partial charge on any atom is 0.0464 e. The fraction of sp³-hybridized carbons (Fsp3) is 0.714. The Morgan fingerprint density at radius 1 is 1.53 bits per heavy atom. The lowest BCUT2D eigenvalue weighted by molar-refractivity contribution is 0.176. The SMILES string of the molecule is CC(C)=CCCC1=CC[C@H](CO)[C@H](C)C1. The normalized spacial score (nSPS) is 26.0.